The van der Waals surface area contributed by atoms with Crippen LogP contribution in [0.25, 0.3) is 10.9 Å². The van der Waals surface area contributed by atoms with Crippen LogP contribution in [0.2, 0.25) is 5.02 Å². The van der Waals surface area contributed by atoms with E-state index in [1.54, 1.807) is 12.1 Å². The van der Waals surface area contributed by atoms with Crippen LogP contribution in [0.3, 0.4) is 0 Å². The first-order valence-corrected chi connectivity index (χ1v) is 13.9. The fourth-order valence-electron chi connectivity index (χ4n) is 6.25. The predicted octanol–water partition coefficient (Wildman–Crippen LogP) is 5.63. The minimum absolute atomic E-state index is 0.112. The molecule has 3 aromatic heterocycles. The summed E-state index contributed by atoms with van der Waals surface area (Å²) < 4.78 is 1.74. The minimum atomic E-state index is 0.112. The molecule has 6 nitrogen and oxygen atoms in total. The average molecular weight is 580 g/mol. The van der Waals surface area contributed by atoms with Crippen LogP contribution in [0.5, 0.6) is 0 Å². The van der Waals surface area contributed by atoms with E-state index in [4.69, 9.17) is 16.6 Å². The first kappa shape index (κ1) is 24.4. The Kier molecular flexibility index (Phi) is 6.45. The highest BCUT2D eigenvalue weighted by Gasteiger charge is 2.36. The van der Waals surface area contributed by atoms with Gasteiger partial charge in [-0.2, -0.15) is 4.73 Å². The number of carbonyl (C=O) groups is 1. The molecule has 0 unspecified atom stereocenters. The highest BCUT2D eigenvalue weighted by Crippen LogP contribution is 2.47. The average Bonchev–Trinajstić information content (AvgIpc) is 3.21. The van der Waals surface area contributed by atoms with Crippen molar-refractivity contribution in [1.29, 1.82) is 0 Å². The number of nitrogens with one attached hydrogen (secondary N) is 1. The quantitative estimate of drug-likeness (QED) is 0.252. The van der Waals surface area contributed by atoms with Crippen LogP contribution in [0, 0.1) is 18.0 Å². The van der Waals surface area contributed by atoms with Crippen LogP contribution in [-0.2, 0) is 24.1 Å². The summed E-state index contributed by atoms with van der Waals surface area (Å²) in [5.41, 5.74) is 8.16. The molecule has 6 rings (SSSR count). The van der Waals surface area contributed by atoms with Crippen LogP contribution in [0.15, 0.2) is 53.5 Å². The lowest BCUT2D eigenvalue weighted by Crippen LogP contribution is -2.41. The molecular formula is C29H28BrClN4O2. The molecule has 1 atom stereocenters. The molecule has 1 aliphatic heterocycles. The first-order valence-electron chi connectivity index (χ1n) is 12.8. The summed E-state index contributed by atoms with van der Waals surface area (Å²) in [4.78, 5) is 23.4. The Hall–Kier alpha value is -2.90. The number of halogens is 2. The molecule has 0 spiro atoms. The van der Waals surface area contributed by atoms with Crippen LogP contribution < -0.4 is 4.73 Å². The maximum Gasteiger partial charge on any atom is 0.226 e. The van der Waals surface area contributed by atoms with E-state index in [2.05, 4.69) is 40.0 Å². The third-order valence-electron chi connectivity index (χ3n) is 8.06. The zero-order valence-corrected chi connectivity index (χ0v) is 23.0. The SMILES string of the molecule is Cc1c[nH]c2c(Cl)cc3c(c12)[C@@H](C1CCN(C(=O)Cc2cc[n+]([O-])cc2)CC1)c1ncc(Br)cc1CC3. The second kappa shape index (κ2) is 9.76. The number of rotatable bonds is 3. The van der Waals surface area contributed by atoms with Crippen LogP contribution in [0.4, 0.5) is 0 Å². The molecule has 1 fully saturated rings. The minimum Gasteiger partial charge on any atom is -0.619 e. The summed E-state index contributed by atoms with van der Waals surface area (Å²) >= 11 is 10.4. The second-order valence-corrected chi connectivity index (χ2v) is 11.6. The first-order chi connectivity index (χ1) is 17.9. The topological polar surface area (TPSA) is 75.9 Å². The van der Waals surface area contributed by atoms with Gasteiger partial charge >= 0.3 is 0 Å². The third kappa shape index (κ3) is 4.53. The Bertz CT molecular complexity index is 1490. The summed E-state index contributed by atoms with van der Waals surface area (Å²) in [6, 6.07) is 7.80. The second-order valence-electron chi connectivity index (χ2n) is 10.3. The number of pyridine rings is 2. The van der Waals surface area contributed by atoms with E-state index >= 15 is 0 Å². The Morgan fingerprint density at radius 2 is 1.95 bits per heavy atom. The Morgan fingerprint density at radius 3 is 2.70 bits per heavy atom. The predicted molar refractivity (Wildman–Crippen MR) is 148 cm³/mol. The van der Waals surface area contributed by atoms with Gasteiger partial charge in [-0.1, -0.05) is 11.6 Å². The van der Waals surface area contributed by atoms with Crippen molar-refractivity contribution in [3.63, 3.8) is 0 Å². The summed E-state index contributed by atoms with van der Waals surface area (Å²) in [6.45, 7) is 3.59. The van der Waals surface area contributed by atoms with E-state index < -0.39 is 0 Å². The van der Waals surface area contributed by atoms with Crippen molar-refractivity contribution < 1.29 is 9.52 Å². The van der Waals surface area contributed by atoms with E-state index in [-0.39, 0.29) is 11.8 Å². The van der Waals surface area contributed by atoms with Crippen molar-refractivity contribution in [2.75, 3.05) is 13.1 Å². The van der Waals surface area contributed by atoms with Gasteiger partial charge in [0.1, 0.15) is 0 Å². The Morgan fingerprint density at radius 1 is 1.22 bits per heavy atom. The van der Waals surface area contributed by atoms with Gasteiger partial charge in [0.25, 0.3) is 0 Å². The highest BCUT2D eigenvalue weighted by molar-refractivity contribution is 9.10. The smallest absolute Gasteiger partial charge is 0.226 e. The lowest BCUT2D eigenvalue weighted by atomic mass is 9.75. The van der Waals surface area contributed by atoms with Crippen molar-refractivity contribution >= 4 is 44.3 Å². The molecule has 8 heteroatoms. The number of benzene rings is 1. The summed E-state index contributed by atoms with van der Waals surface area (Å²) in [5, 5.41) is 13.3. The molecule has 1 saturated heterocycles. The van der Waals surface area contributed by atoms with E-state index in [0.717, 1.165) is 69.8 Å². The van der Waals surface area contributed by atoms with Gasteiger partial charge in [-0.05, 0) is 94.4 Å². The van der Waals surface area contributed by atoms with E-state index in [0.29, 0.717) is 12.3 Å². The molecule has 0 bridgehead atoms. The number of piperidine rings is 1. The van der Waals surface area contributed by atoms with Crippen molar-refractivity contribution in [3.8, 4) is 0 Å². The molecular weight excluding hydrogens is 552 g/mol. The van der Waals surface area contributed by atoms with Gasteiger partial charge in [0.15, 0.2) is 12.4 Å². The number of amides is 1. The molecule has 1 N–H and O–H groups in total. The molecule has 4 aromatic rings. The molecule has 190 valence electrons. The van der Waals surface area contributed by atoms with Crippen LogP contribution in [0.1, 0.15) is 52.3 Å². The van der Waals surface area contributed by atoms with Gasteiger partial charge in [0.05, 0.1) is 22.7 Å². The van der Waals surface area contributed by atoms with Gasteiger partial charge in [-0.3, -0.25) is 9.78 Å². The number of carbonyl (C=O) groups excluding carboxylic acids is 1. The number of hydrogen-bond acceptors (Lipinski definition) is 3. The monoisotopic (exact) mass is 578 g/mol. The largest absolute Gasteiger partial charge is 0.619 e. The normalized spacial score (nSPS) is 17.9. The van der Waals surface area contributed by atoms with Crippen molar-refractivity contribution in [2.45, 2.75) is 44.9 Å². The lowest BCUT2D eigenvalue weighted by Gasteiger charge is -2.37. The molecule has 1 aromatic carbocycles. The van der Waals surface area contributed by atoms with Gasteiger partial charge in [-0.25, -0.2) is 0 Å². The fourth-order valence-corrected chi connectivity index (χ4v) is 6.91. The van der Waals surface area contributed by atoms with Gasteiger partial charge < -0.3 is 15.1 Å². The number of likely N-dealkylation sites (tertiary alicyclic amines) is 1. The number of hydrogen-bond donors (Lipinski definition) is 1. The van der Waals surface area contributed by atoms with Crippen molar-refractivity contribution in [1.82, 2.24) is 14.9 Å². The van der Waals surface area contributed by atoms with Gasteiger partial charge in [0.2, 0.25) is 5.91 Å². The summed E-state index contributed by atoms with van der Waals surface area (Å²) in [6.07, 6.45) is 10.8. The number of H-pyrrole nitrogens is 1. The van der Waals surface area contributed by atoms with Crippen LogP contribution >= 0.6 is 27.5 Å². The molecule has 0 radical (unpaired) electrons. The number of fused-ring (bicyclic) bond motifs is 4. The molecule has 1 amide bonds. The van der Waals surface area contributed by atoms with E-state index in [9.17, 15) is 10.0 Å². The Labute approximate surface area is 229 Å². The zero-order valence-electron chi connectivity index (χ0n) is 20.6. The number of aromatic nitrogens is 3. The van der Waals surface area contributed by atoms with Gasteiger partial charge in [-0.15, -0.1) is 0 Å². The van der Waals surface area contributed by atoms with E-state index in [1.807, 2.05) is 17.3 Å². The number of nitrogens with zero attached hydrogens (tertiary/aromatic N) is 3. The number of aryl methyl sites for hydroxylation is 3. The van der Waals surface area contributed by atoms with Crippen molar-refractivity contribution in [2.24, 2.45) is 5.92 Å². The summed E-state index contributed by atoms with van der Waals surface area (Å²) in [7, 11) is 0. The zero-order chi connectivity index (χ0) is 25.7. The maximum atomic E-state index is 13.1. The van der Waals surface area contributed by atoms with E-state index in [1.165, 1.54) is 40.0 Å². The molecule has 0 saturated carbocycles. The third-order valence-corrected chi connectivity index (χ3v) is 8.79. The lowest BCUT2D eigenvalue weighted by molar-refractivity contribution is -0.605. The molecule has 37 heavy (non-hydrogen) atoms. The maximum absolute atomic E-state index is 13.1. The van der Waals surface area contributed by atoms with Crippen molar-refractivity contribution in [3.05, 3.63) is 97.3 Å². The molecule has 4 heterocycles. The summed E-state index contributed by atoms with van der Waals surface area (Å²) in [5.74, 6) is 0.623. The van der Waals surface area contributed by atoms with Gasteiger partial charge in [0, 0.05) is 53.4 Å². The number of aromatic amines is 1. The Balaban J connectivity index is 1.34. The van der Waals surface area contributed by atoms with Crippen LogP contribution in [-0.4, -0.2) is 33.9 Å². The highest BCUT2D eigenvalue weighted by atomic mass is 79.9. The molecule has 1 aliphatic carbocycles. The standard InChI is InChI=1S/C29H28BrClN4O2/c1-17-15-32-29-23(31)14-20-2-3-21-13-22(30)16-33-28(21)27(26(20)25(17)29)19-6-8-34(9-7-19)24(36)12-18-4-10-35(37)11-5-18/h4-5,10-11,13-16,19,27,32H,2-3,6-9,12H2,1H3/t27-/m1/s1. The fraction of sp³-hybridized carbons (Fsp3) is 0.345. The molecule has 2 aliphatic rings.